The standard InChI is InChI=1S/C6H9N.C3H6O2/c7-5-6-3-1-2-4-6;1-3(4)5-2/h6H,1-4H2;1-2H3. The van der Waals surface area contributed by atoms with Crippen molar-refractivity contribution in [2.24, 2.45) is 5.92 Å². The van der Waals surface area contributed by atoms with Crippen LogP contribution < -0.4 is 0 Å². The molecule has 3 heteroatoms. The Morgan fingerprint density at radius 1 is 1.50 bits per heavy atom. The molecule has 68 valence electrons. The number of esters is 1. The highest BCUT2D eigenvalue weighted by Gasteiger charge is 2.12. The largest absolute Gasteiger partial charge is 0.469 e. The van der Waals surface area contributed by atoms with Gasteiger partial charge in [-0.2, -0.15) is 5.26 Å². The van der Waals surface area contributed by atoms with Crippen LogP contribution in [-0.2, 0) is 9.53 Å². The first-order valence-corrected chi connectivity index (χ1v) is 4.15. The van der Waals surface area contributed by atoms with E-state index in [1.165, 1.54) is 26.9 Å². The Balaban J connectivity index is 0.000000217. The molecule has 1 aliphatic rings. The van der Waals surface area contributed by atoms with Crippen LogP contribution in [0.25, 0.3) is 0 Å². The van der Waals surface area contributed by atoms with Crippen LogP contribution in [0, 0.1) is 17.2 Å². The Bertz CT molecular complexity index is 166. The van der Waals surface area contributed by atoms with Crippen LogP contribution in [0.4, 0.5) is 0 Å². The molecule has 0 atom stereocenters. The highest BCUT2D eigenvalue weighted by Crippen LogP contribution is 2.23. The molecule has 0 amide bonds. The maximum atomic E-state index is 9.59. The third kappa shape index (κ3) is 5.72. The number of hydrogen-bond donors (Lipinski definition) is 0. The summed E-state index contributed by atoms with van der Waals surface area (Å²) in [4.78, 5) is 9.59. The van der Waals surface area contributed by atoms with Gasteiger partial charge in [0, 0.05) is 12.8 Å². The fraction of sp³-hybridized carbons (Fsp3) is 0.778. The number of nitrogens with zero attached hydrogens (tertiary/aromatic N) is 1. The molecule has 0 aliphatic heterocycles. The summed E-state index contributed by atoms with van der Waals surface area (Å²) in [7, 11) is 1.35. The molecule has 0 heterocycles. The Morgan fingerprint density at radius 3 is 2.08 bits per heavy atom. The first-order chi connectivity index (χ1) is 5.70. The molecule has 0 N–H and O–H groups in total. The summed E-state index contributed by atoms with van der Waals surface area (Å²) in [6.07, 6.45) is 4.85. The van der Waals surface area contributed by atoms with Gasteiger partial charge in [-0.3, -0.25) is 4.79 Å². The van der Waals surface area contributed by atoms with Gasteiger partial charge in [0.25, 0.3) is 0 Å². The zero-order valence-electron chi connectivity index (χ0n) is 7.67. The molecular formula is C9H15NO2. The second-order valence-electron chi connectivity index (χ2n) is 2.81. The summed E-state index contributed by atoms with van der Waals surface area (Å²) < 4.78 is 4.11. The van der Waals surface area contributed by atoms with Crippen molar-refractivity contribution in [3.05, 3.63) is 0 Å². The van der Waals surface area contributed by atoms with E-state index in [1.807, 2.05) is 0 Å². The van der Waals surface area contributed by atoms with Crippen molar-refractivity contribution in [3.8, 4) is 6.07 Å². The average Bonchev–Trinajstić information content (AvgIpc) is 2.57. The number of carbonyl (C=O) groups is 1. The molecule has 0 aromatic carbocycles. The lowest BCUT2D eigenvalue weighted by molar-refractivity contribution is -0.137. The molecule has 1 fully saturated rings. The SMILES string of the molecule is COC(C)=O.N#CC1CCCC1. The maximum Gasteiger partial charge on any atom is 0.302 e. The Kier molecular flexibility index (Phi) is 6.08. The number of nitriles is 1. The smallest absolute Gasteiger partial charge is 0.302 e. The molecule has 0 aromatic heterocycles. The van der Waals surface area contributed by atoms with Crippen LogP contribution in [0.1, 0.15) is 32.6 Å². The minimum Gasteiger partial charge on any atom is -0.469 e. The molecule has 0 saturated heterocycles. The molecule has 0 spiro atoms. The number of carbonyl (C=O) groups excluding carboxylic acids is 1. The maximum absolute atomic E-state index is 9.59. The number of ether oxygens (including phenoxy) is 1. The van der Waals surface area contributed by atoms with Crippen LogP contribution in [-0.4, -0.2) is 13.1 Å². The normalized spacial score (nSPS) is 15.8. The molecule has 1 aliphatic carbocycles. The molecule has 12 heavy (non-hydrogen) atoms. The summed E-state index contributed by atoms with van der Waals surface area (Å²) in [5.41, 5.74) is 0. The van der Waals surface area contributed by atoms with Gasteiger partial charge in [-0.05, 0) is 12.8 Å². The van der Waals surface area contributed by atoms with Gasteiger partial charge >= 0.3 is 5.97 Å². The first kappa shape index (κ1) is 11.0. The molecule has 1 rings (SSSR count). The Labute approximate surface area is 73.3 Å². The minimum absolute atomic E-state index is 0.245. The van der Waals surface area contributed by atoms with E-state index in [-0.39, 0.29) is 5.97 Å². The van der Waals surface area contributed by atoms with Crippen LogP contribution >= 0.6 is 0 Å². The number of rotatable bonds is 0. The van der Waals surface area contributed by atoms with E-state index in [0.29, 0.717) is 5.92 Å². The van der Waals surface area contributed by atoms with Crippen LogP contribution in [0.2, 0.25) is 0 Å². The second kappa shape index (κ2) is 6.66. The molecular weight excluding hydrogens is 154 g/mol. The molecule has 3 nitrogen and oxygen atoms in total. The third-order valence-corrected chi connectivity index (χ3v) is 1.83. The molecule has 0 aromatic rings. The monoisotopic (exact) mass is 169 g/mol. The number of hydrogen-bond acceptors (Lipinski definition) is 3. The summed E-state index contributed by atoms with van der Waals surface area (Å²) in [5.74, 6) is 0.157. The van der Waals surface area contributed by atoms with Gasteiger partial charge in [0.2, 0.25) is 0 Å². The van der Waals surface area contributed by atoms with Crippen molar-refractivity contribution in [2.45, 2.75) is 32.6 Å². The second-order valence-corrected chi connectivity index (χ2v) is 2.81. The zero-order valence-corrected chi connectivity index (χ0v) is 7.67. The van der Waals surface area contributed by atoms with Crippen LogP contribution in [0.5, 0.6) is 0 Å². The summed E-state index contributed by atoms with van der Waals surface area (Å²) in [6.45, 7) is 1.36. The highest BCUT2D eigenvalue weighted by atomic mass is 16.5. The van der Waals surface area contributed by atoms with Crippen molar-refractivity contribution in [1.82, 2.24) is 0 Å². The van der Waals surface area contributed by atoms with Gasteiger partial charge < -0.3 is 4.74 Å². The lowest BCUT2D eigenvalue weighted by Crippen LogP contribution is -1.88. The fourth-order valence-electron chi connectivity index (χ4n) is 1.05. The predicted molar refractivity (Wildman–Crippen MR) is 45.3 cm³/mol. The van der Waals surface area contributed by atoms with E-state index >= 15 is 0 Å². The Hall–Kier alpha value is -1.04. The topological polar surface area (TPSA) is 50.1 Å². The Morgan fingerprint density at radius 2 is 1.92 bits per heavy atom. The summed E-state index contributed by atoms with van der Waals surface area (Å²) in [6, 6.07) is 2.26. The summed E-state index contributed by atoms with van der Waals surface area (Å²) >= 11 is 0. The van der Waals surface area contributed by atoms with Gasteiger partial charge in [-0.1, -0.05) is 12.8 Å². The minimum atomic E-state index is -0.245. The van der Waals surface area contributed by atoms with Crippen molar-refractivity contribution in [1.29, 1.82) is 5.26 Å². The molecule has 0 bridgehead atoms. The van der Waals surface area contributed by atoms with Crippen molar-refractivity contribution < 1.29 is 9.53 Å². The van der Waals surface area contributed by atoms with Crippen LogP contribution in [0.3, 0.4) is 0 Å². The van der Waals surface area contributed by atoms with Gasteiger partial charge in [0.15, 0.2) is 0 Å². The van der Waals surface area contributed by atoms with Gasteiger partial charge in [0.1, 0.15) is 0 Å². The molecule has 1 saturated carbocycles. The van der Waals surface area contributed by atoms with Crippen LogP contribution in [0.15, 0.2) is 0 Å². The fourth-order valence-corrected chi connectivity index (χ4v) is 1.05. The van der Waals surface area contributed by atoms with Gasteiger partial charge in [-0.25, -0.2) is 0 Å². The predicted octanol–water partition coefficient (Wildman–Crippen LogP) is 1.88. The van der Waals surface area contributed by atoms with E-state index in [1.54, 1.807) is 0 Å². The summed E-state index contributed by atoms with van der Waals surface area (Å²) in [5, 5.41) is 8.32. The average molecular weight is 169 g/mol. The quantitative estimate of drug-likeness (QED) is 0.520. The van der Waals surface area contributed by atoms with E-state index in [2.05, 4.69) is 10.8 Å². The third-order valence-electron chi connectivity index (χ3n) is 1.83. The first-order valence-electron chi connectivity index (χ1n) is 4.15. The van der Waals surface area contributed by atoms with Gasteiger partial charge in [0.05, 0.1) is 13.2 Å². The van der Waals surface area contributed by atoms with E-state index in [0.717, 1.165) is 12.8 Å². The van der Waals surface area contributed by atoms with E-state index < -0.39 is 0 Å². The van der Waals surface area contributed by atoms with E-state index in [9.17, 15) is 4.79 Å². The van der Waals surface area contributed by atoms with E-state index in [4.69, 9.17) is 5.26 Å². The number of methoxy groups -OCH3 is 1. The van der Waals surface area contributed by atoms with Crippen molar-refractivity contribution in [3.63, 3.8) is 0 Å². The lowest BCUT2D eigenvalue weighted by atomic mass is 10.1. The van der Waals surface area contributed by atoms with Crippen molar-refractivity contribution in [2.75, 3.05) is 7.11 Å². The zero-order chi connectivity index (χ0) is 9.40. The van der Waals surface area contributed by atoms with Crippen molar-refractivity contribution >= 4 is 5.97 Å². The highest BCUT2D eigenvalue weighted by molar-refractivity contribution is 5.65. The lowest BCUT2D eigenvalue weighted by Gasteiger charge is -1.87. The molecule has 0 radical (unpaired) electrons. The molecule has 0 unspecified atom stereocenters. The van der Waals surface area contributed by atoms with Gasteiger partial charge in [-0.15, -0.1) is 0 Å².